The number of nitrogens with zero attached hydrogens (tertiary/aromatic N) is 4. The molecule has 27 heavy (non-hydrogen) atoms. The molecule has 1 saturated heterocycles. The smallest absolute Gasteiger partial charge is 0.125 e. The molecule has 1 unspecified atom stereocenters. The molecular weight excluding hydrogens is 336 g/mol. The Labute approximate surface area is 161 Å². The molecule has 4 rings (SSSR count). The maximum Gasteiger partial charge on any atom is 0.125 e. The lowest BCUT2D eigenvalue weighted by molar-refractivity contribution is 0.263. The van der Waals surface area contributed by atoms with E-state index in [9.17, 15) is 0 Å². The maximum atomic E-state index is 5.93. The summed E-state index contributed by atoms with van der Waals surface area (Å²) in [5.74, 6) is 0.937. The van der Waals surface area contributed by atoms with Crippen LogP contribution in [0.3, 0.4) is 0 Å². The average Bonchev–Trinajstić information content (AvgIpc) is 3.24. The van der Waals surface area contributed by atoms with Crippen molar-refractivity contribution in [3.63, 3.8) is 0 Å². The molecule has 0 N–H and O–H groups in total. The van der Waals surface area contributed by atoms with Gasteiger partial charge in [-0.25, -0.2) is 0 Å². The first-order chi connectivity index (χ1) is 13.3. The highest BCUT2D eigenvalue weighted by atomic mass is 16.5. The van der Waals surface area contributed by atoms with Crippen LogP contribution in [0.1, 0.15) is 32.6 Å². The van der Waals surface area contributed by atoms with Crippen LogP contribution in [-0.4, -0.2) is 42.3 Å². The summed E-state index contributed by atoms with van der Waals surface area (Å²) in [5.41, 5.74) is 1.14. The summed E-state index contributed by atoms with van der Waals surface area (Å²) in [5, 5.41) is 2.08. The van der Waals surface area contributed by atoms with Crippen molar-refractivity contribution in [1.82, 2.24) is 9.88 Å². The van der Waals surface area contributed by atoms with Crippen LogP contribution in [0.25, 0.3) is 6.20 Å². The van der Waals surface area contributed by atoms with E-state index in [0.717, 1.165) is 48.0 Å². The van der Waals surface area contributed by atoms with Gasteiger partial charge in [-0.2, -0.15) is 0 Å². The number of likely N-dealkylation sites (tertiary alicyclic amines) is 1. The fourth-order valence-corrected chi connectivity index (χ4v) is 3.81. The molecule has 0 saturated carbocycles. The molecule has 0 aliphatic carbocycles. The van der Waals surface area contributed by atoms with Crippen molar-refractivity contribution in [3.05, 3.63) is 53.3 Å². The van der Waals surface area contributed by atoms with Crippen molar-refractivity contribution in [2.75, 3.05) is 31.1 Å². The second kappa shape index (κ2) is 8.53. The summed E-state index contributed by atoms with van der Waals surface area (Å²) in [4.78, 5) is 13.8. The Bertz CT molecular complexity index is 859. The molecule has 5 nitrogen and oxygen atoms in total. The minimum Gasteiger partial charge on any atom is -0.494 e. The van der Waals surface area contributed by atoms with Crippen molar-refractivity contribution in [1.29, 1.82) is 0 Å². The second-order valence-electron chi connectivity index (χ2n) is 7.23. The molecule has 142 valence electrons. The van der Waals surface area contributed by atoms with Crippen molar-refractivity contribution >= 4 is 11.9 Å². The average molecular weight is 364 g/mol. The number of aromatic nitrogens is 1. The van der Waals surface area contributed by atoms with Gasteiger partial charge in [0.1, 0.15) is 11.9 Å². The van der Waals surface area contributed by atoms with Crippen LogP contribution < -0.4 is 20.2 Å². The number of benzene rings is 1. The molecule has 1 atom stereocenters. The Morgan fingerprint density at radius 1 is 1.11 bits per heavy atom. The summed E-state index contributed by atoms with van der Waals surface area (Å²) in [7, 11) is 0. The molecule has 0 radical (unpaired) electrons. The standard InChI is InChI=1S/C22H28N4O/c1-2-22-24-21-16-23-11-10-18(21)17-26(22)19-6-8-20(9-7-19)27-15-5-14-25-12-3-4-13-25/h6-11,16-17,22H,2-5,12-15H2,1H3. The molecular formula is C22H28N4O. The largest absolute Gasteiger partial charge is 0.494 e. The minimum absolute atomic E-state index is 0.105. The summed E-state index contributed by atoms with van der Waals surface area (Å²) in [6, 6.07) is 10.4. The number of rotatable bonds is 7. The lowest BCUT2D eigenvalue weighted by atomic mass is 10.2. The predicted octanol–water partition coefficient (Wildman–Crippen LogP) is 2.56. The fourth-order valence-electron chi connectivity index (χ4n) is 3.81. The molecule has 1 aromatic heterocycles. The van der Waals surface area contributed by atoms with Crippen LogP contribution in [0.2, 0.25) is 0 Å². The summed E-state index contributed by atoms with van der Waals surface area (Å²) in [6.45, 7) is 6.59. The number of anilines is 1. The molecule has 2 aliphatic heterocycles. The van der Waals surface area contributed by atoms with Gasteiger partial charge in [-0.05, 0) is 69.1 Å². The third kappa shape index (κ3) is 4.30. The quantitative estimate of drug-likeness (QED) is 0.708. The van der Waals surface area contributed by atoms with E-state index < -0.39 is 0 Å². The first-order valence-corrected chi connectivity index (χ1v) is 10.1. The number of fused-ring (bicyclic) bond motifs is 1. The van der Waals surface area contributed by atoms with E-state index in [1.807, 2.05) is 18.5 Å². The Morgan fingerprint density at radius 2 is 1.93 bits per heavy atom. The first kappa shape index (κ1) is 18.0. The summed E-state index contributed by atoms with van der Waals surface area (Å²) >= 11 is 0. The van der Waals surface area contributed by atoms with Gasteiger partial charge in [0.2, 0.25) is 0 Å². The number of pyridine rings is 1. The number of hydrogen-bond donors (Lipinski definition) is 0. The summed E-state index contributed by atoms with van der Waals surface area (Å²) < 4.78 is 5.93. The SMILES string of the molecule is CCC1N=c2cnccc2=CN1c1ccc(OCCCN2CCCC2)cc1. The fraction of sp³-hybridized carbons (Fsp3) is 0.455. The van der Waals surface area contributed by atoms with Crippen LogP contribution >= 0.6 is 0 Å². The van der Waals surface area contributed by atoms with E-state index in [-0.39, 0.29) is 6.17 Å². The molecule has 0 amide bonds. The highest BCUT2D eigenvalue weighted by Crippen LogP contribution is 2.24. The highest BCUT2D eigenvalue weighted by molar-refractivity contribution is 5.61. The monoisotopic (exact) mass is 364 g/mol. The highest BCUT2D eigenvalue weighted by Gasteiger charge is 2.17. The third-order valence-corrected chi connectivity index (χ3v) is 5.31. The van der Waals surface area contributed by atoms with E-state index in [2.05, 4.69) is 52.2 Å². The zero-order valence-electron chi connectivity index (χ0n) is 16.1. The van der Waals surface area contributed by atoms with Gasteiger partial charge >= 0.3 is 0 Å². The zero-order chi connectivity index (χ0) is 18.5. The number of ether oxygens (including phenoxy) is 1. The van der Waals surface area contributed by atoms with Crippen LogP contribution in [0.15, 0.2) is 47.7 Å². The van der Waals surface area contributed by atoms with Crippen molar-refractivity contribution in [2.45, 2.75) is 38.8 Å². The van der Waals surface area contributed by atoms with Crippen LogP contribution in [0.4, 0.5) is 5.69 Å². The van der Waals surface area contributed by atoms with Gasteiger partial charge in [0.15, 0.2) is 0 Å². The summed E-state index contributed by atoms with van der Waals surface area (Å²) in [6.07, 6.45) is 10.7. The molecule has 3 heterocycles. The van der Waals surface area contributed by atoms with Gasteiger partial charge < -0.3 is 14.5 Å². The van der Waals surface area contributed by atoms with Crippen molar-refractivity contribution < 1.29 is 4.74 Å². The molecule has 1 fully saturated rings. The molecule has 5 heteroatoms. The molecule has 0 spiro atoms. The minimum atomic E-state index is 0.105. The Morgan fingerprint density at radius 3 is 2.70 bits per heavy atom. The van der Waals surface area contributed by atoms with Gasteiger partial charge in [0.25, 0.3) is 0 Å². The van der Waals surface area contributed by atoms with E-state index in [1.54, 1.807) is 0 Å². The third-order valence-electron chi connectivity index (χ3n) is 5.31. The van der Waals surface area contributed by atoms with Gasteiger partial charge in [-0.1, -0.05) is 6.92 Å². The molecule has 2 aromatic rings. The Balaban J connectivity index is 1.38. The van der Waals surface area contributed by atoms with Crippen molar-refractivity contribution in [3.8, 4) is 5.75 Å². The van der Waals surface area contributed by atoms with Gasteiger partial charge in [-0.3, -0.25) is 9.98 Å². The second-order valence-corrected chi connectivity index (χ2v) is 7.23. The van der Waals surface area contributed by atoms with Gasteiger partial charge in [0, 0.05) is 29.8 Å². The van der Waals surface area contributed by atoms with E-state index in [4.69, 9.17) is 9.73 Å². The molecule has 0 bridgehead atoms. The number of hydrogen-bond acceptors (Lipinski definition) is 5. The van der Waals surface area contributed by atoms with Crippen LogP contribution in [0.5, 0.6) is 5.75 Å². The van der Waals surface area contributed by atoms with Crippen LogP contribution in [-0.2, 0) is 0 Å². The predicted molar refractivity (Wildman–Crippen MR) is 108 cm³/mol. The Kier molecular flexibility index (Phi) is 5.68. The zero-order valence-corrected chi connectivity index (χ0v) is 16.1. The van der Waals surface area contributed by atoms with E-state index >= 15 is 0 Å². The normalized spacial score (nSPS) is 19.3. The van der Waals surface area contributed by atoms with E-state index in [0.29, 0.717) is 0 Å². The van der Waals surface area contributed by atoms with Gasteiger partial charge in [-0.15, -0.1) is 0 Å². The maximum absolute atomic E-state index is 5.93. The van der Waals surface area contributed by atoms with Gasteiger partial charge in [0.05, 0.1) is 18.2 Å². The van der Waals surface area contributed by atoms with Crippen LogP contribution in [0, 0.1) is 0 Å². The Hall–Kier alpha value is -2.40. The molecule has 2 aliphatic rings. The topological polar surface area (TPSA) is 41.0 Å². The van der Waals surface area contributed by atoms with E-state index in [1.165, 1.54) is 25.9 Å². The first-order valence-electron chi connectivity index (χ1n) is 10.1. The van der Waals surface area contributed by atoms with Crippen molar-refractivity contribution in [2.24, 2.45) is 4.99 Å². The lowest BCUT2D eigenvalue weighted by Gasteiger charge is -2.29. The lowest BCUT2D eigenvalue weighted by Crippen LogP contribution is -2.41. The molecule has 1 aromatic carbocycles.